The van der Waals surface area contributed by atoms with Crippen molar-refractivity contribution < 1.29 is 18.3 Å². The van der Waals surface area contributed by atoms with Gasteiger partial charge in [-0.15, -0.1) is 0 Å². The van der Waals surface area contributed by atoms with Crippen LogP contribution in [-0.2, 0) is 0 Å². The maximum Gasteiger partial charge on any atom is 0.307 e. The van der Waals surface area contributed by atoms with Crippen LogP contribution in [0.25, 0.3) is 11.0 Å². The lowest BCUT2D eigenvalue weighted by Gasteiger charge is -2.45. The molecule has 0 radical (unpaired) electrons. The molecule has 1 aliphatic rings. The number of hydrazone groups is 1. The second-order valence-corrected chi connectivity index (χ2v) is 9.66. The Balaban J connectivity index is 1.55. The average molecular weight is 502 g/mol. The molecule has 1 amide bonds. The molecular formula is C24H25BrFN3O3. The summed E-state index contributed by atoms with van der Waals surface area (Å²) in [6.45, 7) is 6.45. The first-order valence-corrected chi connectivity index (χ1v) is 11.1. The summed E-state index contributed by atoms with van der Waals surface area (Å²) in [5.74, 6) is -0.0590. The monoisotopic (exact) mass is 501 g/mol. The van der Waals surface area contributed by atoms with E-state index < -0.39 is 11.7 Å². The van der Waals surface area contributed by atoms with Gasteiger partial charge in [0.15, 0.2) is 17.1 Å². The lowest BCUT2D eigenvalue weighted by atomic mass is 9.80. The van der Waals surface area contributed by atoms with E-state index >= 15 is 0 Å². The van der Waals surface area contributed by atoms with Gasteiger partial charge in [0.1, 0.15) is 5.82 Å². The van der Waals surface area contributed by atoms with Gasteiger partial charge in [0.05, 0.1) is 13.3 Å². The van der Waals surface area contributed by atoms with Crippen molar-refractivity contribution in [3.8, 4) is 5.75 Å². The highest BCUT2D eigenvalue weighted by atomic mass is 79.9. The molecule has 1 atom stereocenters. The van der Waals surface area contributed by atoms with Crippen molar-refractivity contribution in [2.45, 2.75) is 38.6 Å². The van der Waals surface area contributed by atoms with Crippen LogP contribution in [0.3, 0.4) is 0 Å². The second-order valence-electron chi connectivity index (χ2n) is 8.75. The van der Waals surface area contributed by atoms with E-state index in [0.717, 1.165) is 22.1 Å². The van der Waals surface area contributed by atoms with Crippen molar-refractivity contribution in [2.75, 3.05) is 19.1 Å². The fourth-order valence-electron chi connectivity index (χ4n) is 4.27. The molecule has 1 N–H and O–H groups in total. The topological polar surface area (TPSA) is 67.1 Å². The molecule has 0 saturated heterocycles. The predicted octanol–water partition coefficient (Wildman–Crippen LogP) is 5.83. The van der Waals surface area contributed by atoms with Crippen molar-refractivity contribution in [3.63, 3.8) is 0 Å². The zero-order valence-corrected chi connectivity index (χ0v) is 20.2. The average Bonchev–Trinajstić information content (AvgIpc) is 3.16. The third-order valence-corrected chi connectivity index (χ3v) is 6.57. The van der Waals surface area contributed by atoms with E-state index in [1.165, 1.54) is 13.3 Å². The summed E-state index contributed by atoms with van der Waals surface area (Å²) in [5, 5.41) is 4.67. The van der Waals surface area contributed by atoms with Gasteiger partial charge in [-0.25, -0.2) is 9.82 Å². The lowest BCUT2D eigenvalue weighted by Crippen LogP contribution is -2.45. The van der Waals surface area contributed by atoms with Crippen LogP contribution in [0.5, 0.6) is 5.75 Å². The van der Waals surface area contributed by atoms with Gasteiger partial charge in [-0.3, -0.25) is 4.79 Å². The summed E-state index contributed by atoms with van der Waals surface area (Å²) in [4.78, 5) is 14.6. The molecule has 1 aliphatic heterocycles. The highest BCUT2D eigenvalue weighted by molar-refractivity contribution is 9.10. The number of ether oxygens (including phenoxy) is 1. The molecule has 0 bridgehead atoms. The number of amides is 1. The second kappa shape index (κ2) is 8.24. The Morgan fingerprint density at radius 3 is 2.81 bits per heavy atom. The number of rotatable bonds is 4. The molecule has 3 aromatic rings. The minimum absolute atomic E-state index is 0.0483. The summed E-state index contributed by atoms with van der Waals surface area (Å²) in [6, 6.07) is 8.53. The standard InChI is InChI=1S/C24H25BrFN3O3/c1-13-11-24(2,3)29(4)19-10-18(26)15(7-17(13)19)12-27-28-23(30)21-8-14-6-16(25)9-20(31-5)22(14)32-21/h6-10,12-13H,11H2,1-5H3,(H,28,30)/b27-12-. The van der Waals surface area contributed by atoms with Crippen molar-refractivity contribution >= 4 is 44.7 Å². The number of nitrogens with zero attached hydrogens (tertiary/aromatic N) is 2. The Bertz CT molecular complexity index is 1230. The zero-order valence-electron chi connectivity index (χ0n) is 18.6. The zero-order chi connectivity index (χ0) is 23.2. The summed E-state index contributed by atoms with van der Waals surface area (Å²) in [5.41, 5.74) is 5.09. The van der Waals surface area contributed by atoms with E-state index in [9.17, 15) is 9.18 Å². The lowest BCUT2D eigenvalue weighted by molar-refractivity contribution is 0.0929. The molecule has 0 spiro atoms. The number of fused-ring (bicyclic) bond motifs is 2. The third kappa shape index (κ3) is 3.99. The number of methoxy groups -OCH3 is 1. The van der Waals surface area contributed by atoms with E-state index in [2.05, 4.69) is 52.1 Å². The first kappa shape index (κ1) is 22.3. The number of nitrogens with one attached hydrogen (secondary N) is 1. The molecule has 32 heavy (non-hydrogen) atoms. The highest BCUT2D eigenvalue weighted by Gasteiger charge is 2.34. The molecule has 8 heteroatoms. The Hall–Kier alpha value is -2.87. The van der Waals surface area contributed by atoms with Gasteiger partial charge in [0.25, 0.3) is 0 Å². The summed E-state index contributed by atoms with van der Waals surface area (Å²) in [6.07, 6.45) is 2.28. The van der Waals surface area contributed by atoms with Gasteiger partial charge in [-0.05, 0) is 62.1 Å². The smallest absolute Gasteiger partial charge is 0.307 e. The SMILES string of the molecule is COc1cc(Br)cc2cc(C(=O)N/N=C\c3cc4c(cc3F)N(C)C(C)(C)CC4C)oc12. The molecule has 0 aliphatic carbocycles. The van der Waals surface area contributed by atoms with Gasteiger partial charge >= 0.3 is 5.91 Å². The number of anilines is 1. The first-order valence-electron chi connectivity index (χ1n) is 10.3. The number of carbonyl (C=O) groups is 1. The van der Waals surface area contributed by atoms with Crippen molar-refractivity contribution in [1.29, 1.82) is 0 Å². The Morgan fingerprint density at radius 2 is 2.09 bits per heavy atom. The fourth-order valence-corrected chi connectivity index (χ4v) is 4.72. The van der Waals surface area contributed by atoms with Gasteiger partial charge in [0.2, 0.25) is 0 Å². The van der Waals surface area contributed by atoms with E-state index in [1.54, 1.807) is 24.3 Å². The maximum absolute atomic E-state index is 14.8. The predicted molar refractivity (Wildman–Crippen MR) is 127 cm³/mol. The molecule has 6 nitrogen and oxygen atoms in total. The van der Waals surface area contributed by atoms with Crippen molar-refractivity contribution in [1.82, 2.24) is 5.43 Å². The summed E-state index contributed by atoms with van der Waals surface area (Å²) >= 11 is 3.40. The Labute approximate surface area is 194 Å². The summed E-state index contributed by atoms with van der Waals surface area (Å²) < 4.78 is 26.5. The number of furan rings is 1. The van der Waals surface area contributed by atoms with Crippen molar-refractivity contribution in [2.24, 2.45) is 5.10 Å². The molecule has 2 aromatic carbocycles. The van der Waals surface area contributed by atoms with E-state index in [1.807, 2.05) is 13.1 Å². The van der Waals surface area contributed by atoms with Gasteiger partial charge in [-0.2, -0.15) is 5.10 Å². The van der Waals surface area contributed by atoms with Crippen LogP contribution in [0.15, 0.2) is 44.3 Å². The summed E-state index contributed by atoms with van der Waals surface area (Å²) in [7, 11) is 3.51. The number of benzene rings is 2. The van der Waals surface area contributed by atoms with Crippen LogP contribution >= 0.6 is 15.9 Å². The van der Waals surface area contributed by atoms with Gasteiger partial charge < -0.3 is 14.1 Å². The molecule has 0 saturated carbocycles. The van der Waals surface area contributed by atoms with Crippen LogP contribution in [0.1, 0.15) is 54.8 Å². The minimum Gasteiger partial charge on any atom is -0.493 e. The number of hydrogen-bond donors (Lipinski definition) is 1. The van der Waals surface area contributed by atoms with Crippen molar-refractivity contribution in [3.05, 3.63) is 57.5 Å². The molecule has 0 fully saturated rings. The van der Waals surface area contributed by atoms with Gasteiger partial charge in [-0.1, -0.05) is 22.9 Å². The molecule has 4 rings (SSSR count). The molecule has 1 unspecified atom stereocenters. The van der Waals surface area contributed by atoms with Crippen LogP contribution in [-0.4, -0.2) is 31.8 Å². The highest BCUT2D eigenvalue weighted by Crippen LogP contribution is 2.43. The van der Waals surface area contributed by atoms with Crippen LogP contribution in [0.2, 0.25) is 0 Å². The molecular weight excluding hydrogens is 477 g/mol. The maximum atomic E-state index is 14.8. The van der Waals surface area contributed by atoms with Crippen LogP contribution in [0, 0.1) is 5.82 Å². The normalized spacial score (nSPS) is 17.6. The van der Waals surface area contributed by atoms with Gasteiger partial charge in [0, 0.05) is 33.7 Å². The number of halogens is 2. The van der Waals surface area contributed by atoms with Crippen LogP contribution < -0.4 is 15.1 Å². The molecule has 168 valence electrons. The van der Waals surface area contributed by atoms with E-state index in [-0.39, 0.29) is 17.2 Å². The largest absolute Gasteiger partial charge is 0.493 e. The Kier molecular flexibility index (Phi) is 5.75. The fraction of sp³-hybridized carbons (Fsp3) is 0.333. The number of hydrogen-bond acceptors (Lipinski definition) is 5. The molecule has 1 aromatic heterocycles. The Morgan fingerprint density at radius 1 is 1.34 bits per heavy atom. The van der Waals surface area contributed by atoms with E-state index in [4.69, 9.17) is 9.15 Å². The quantitative estimate of drug-likeness (QED) is 0.360. The third-order valence-electron chi connectivity index (χ3n) is 6.11. The van der Waals surface area contributed by atoms with E-state index in [0.29, 0.717) is 22.3 Å². The van der Waals surface area contributed by atoms with Crippen LogP contribution in [0.4, 0.5) is 10.1 Å². The molecule has 2 heterocycles. The minimum atomic E-state index is -0.538. The number of carbonyl (C=O) groups excluding carboxylic acids is 1. The first-order chi connectivity index (χ1) is 15.1.